The number of anilines is 1. The normalized spacial score (nSPS) is 11.1. The molecule has 1 amide bonds. The molecule has 0 aliphatic heterocycles. The fourth-order valence-corrected chi connectivity index (χ4v) is 1.62. The first kappa shape index (κ1) is 14.0. The summed E-state index contributed by atoms with van der Waals surface area (Å²) in [5.74, 6) is -2.33. The number of aliphatic carboxylic acids is 1. The first-order chi connectivity index (χ1) is 8.21. The molecule has 18 heavy (non-hydrogen) atoms. The van der Waals surface area contributed by atoms with Crippen LogP contribution in [0.4, 0.5) is 10.1 Å². The van der Waals surface area contributed by atoms with Crippen LogP contribution in [0.1, 0.15) is 30.6 Å². The van der Waals surface area contributed by atoms with Gasteiger partial charge in [0.15, 0.2) is 0 Å². The smallest absolute Gasteiger partial charge is 0.305 e. The predicted molar refractivity (Wildman–Crippen MR) is 64.9 cm³/mol. The molecule has 0 saturated heterocycles. The SMILES string of the molecule is CC(C)(CC(=O)O)Nc1ccc(F)cc1C(N)=O. The van der Waals surface area contributed by atoms with Crippen molar-refractivity contribution in [3.05, 3.63) is 29.6 Å². The van der Waals surface area contributed by atoms with E-state index >= 15 is 0 Å². The van der Waals surface area contributed by atoms with Gasteiger partial charge in [0.25, 0.3) is 5.91 Å². The van der Waals surface area contributed by atoms with E-state index in [4.69, 9.17) is 10.8 Å². The second kappa shape index (κ2) is 5.03. The number of nitrogens with two attached hydrogens (primary N) is 1. The molecule has 0 heterocycles. The van der Waals surface area contributed by atoms with Gasteiger partial charge in [-0.1, -0.05) is 0 Å². The summed E-state index contributed by atoms with van der Waals surface area (Å²) in [4.78, 5) is 21.9. The molecular formula is C12H15FN2O3. The maximum absolute atomic E-state index is 13.0. The lowest BCUT2D eigenvalue weighted by atomic mass is 9.99. The minimum absolute atomic E-state index is 0.00605. The number of hydrogen-bond acceptors (Lipinski definition) is 3. The number of nitrogens with one attached hydrogen (secondary N) is 1. The molecule has 1 aromatic rings. The van der Waals surface area contributed by atoms with Crippen LogP contribution in [0.25, 0.3) is 0 Å². The largest absolute Gasteiger partial charge is 0.481 e. The summed E-state index contributed by atoms with van der Waals surface area (Å²) >= 11 is 0. The first-order valence-corrected chi connectivity index (χ1v) is 5.30. The third-order valence-corrected chi connectivity index (χ3v) is 2.31. The average molecular weight is 254 g/mol. The highest BCUT2D eigenvalue weighted by molar-refractivity contribution is 5.98. The molecule has 6 heteroatoms. The highest BCUT2D eigenvalue weighted by atomic mass is 19.1. The Balaban J connectivity index is 3.03. The highest BCUT2D eigenvalue weighted by Gasteiger charge is 2.23. The molecule has 0 aliphatic rings. The number of amides is 1. The Hall–Kier alpha value is -2.11. The molecule has 0 aromatic heterocycles. The van der Waals surface area contributed by atoms with Gasteiger partial charge in [0, 0.05) is 11.2 Å². The van der Waals surface area contributed by atoms with Crippen LogP contribution >= 0.6 is 0 Å². The van der Waals surface area contributed by atoms with Gasteiger partial charge in [-0.3, -0.25) is 9.59 Å². The van der Waals surface area contributed by atoms with E-state index in [2.05, 4.69) is 5.32 Å². The molecule has 0 bridgehead atoms. The molecule has 98 valence electrons. The summed E-state index contributed by atoms with van der Waals surface area (Å²) in [6.45, 7) is 3.32. The van der Waals surface area contributed by atoms with Crippen LogP contribution in [0.2, 0.25) is 0 Å². The summed E-state index contributed by atoms with van der Waals surface area (Å²) < 4.78 is 13.0. The quantitative estimate of drug-likeness (QED) is 0.744. The molecule has 1 aromatic carbocycles. The summed E-state index contributed by atoms with van der Waals surface area (Å²) in [6, 6.07) is 3.55. The van der Waals surface area contributed by atoms with Crippen molar-refractivity contribution in [1.29, 1.82) is 0 Å². The molecule has 0 aliphatic carbocycles. The van der Waals surface area contributed by atoms with Crippen molar-refractivity contribution in [2.45, 2.75) is 25.8 Å². The third-order valence-electron chi connectivity index (χ3n) is 2.31. The predicted octanol–water partition coefficient (Wildman–Crippen LogP) is 1.59. The zero-order chi connectivity index (χ0) is 13.9. The number of rotatable bonds is 5. The van der Waals surface area contributed by atoms with Crippen molar-refractivity contribution >= 4 is 17.6 Å². The lowest BCUT2D eigenvalue weighted by Gasteiger charge is -2.26. The zero-order valence-electron chi connectivity index (χ0n) is 10.2. The molecule has 1 rings (SSSR count). The van der Waals surface area contributed by atoms with Gasteiger partial charge in [-0.15, -0.1) is 0 Å². The van der Waals surface area contributed by atoms with Gasteiger partial charge in [-0.25, -0.2) is 4.39 Å². The zero-order valence-corrected chi connectivity index (χ0v) is 10.2. The van der Waals surface area contributed by atoms with Crippen LogP contribution in [0, 0.1) is 5.82 Å². The van der Waals surface area contributed by atoms with Crippen molar-refractivity contribution in [3.8, 4) is 0 Å². The molecule has 5 nitrogen and oxygen atoms in total. The molecule has 0 atom stereocenters. The van der Waals surface area contributed by atoms with Crippen molar-refractivity contribution in [2.75, 3.05) is 5.32 Å². The Morgan fingerprint density at radius 1 is 1.44 bits per heavy atom. The van der Waals surface area contributed by atoms with Gasteiger partial charge < -0.3 is 16.2 Å². The number of carboxylic acid groups (broad SMARTS) is 1. The van der Waals surface area contributed by atoms with Crippen LogP contribution < -0.4 is 11.1 Å². The van der Waals surface area contributed by atoms with E-state index in [-0.39, 0.29) is 12.0 Å². The van der Waals surface area contributed by atoms with E-state index < -0.39 is 23.2 Å². The van der Waals surface area contributed by atoms with E-state index in [0.29, 0.717) is 5.69 Å². The fraction of sp³-hybridized carbons (Fsp3) is 0.333. The summed E-state index contributed by atoms with van der Waals surface area (Å²) in [7, 11) is 0. The molecule has 0 saturated carbocycles. The Labute approximate surface area is 104 Å². The Bertz CT molecular complexity index is 486. The standard InChI is InChI=1S/C12H15FN2O3/c1-12(2,6-10(16)17)15-9-4-3-7(13)5-8(9)11(14)18/h3-5,15H,6H2,1-2H3,(H2,14,18)(H,16,17). The van der Waals surface area contributed by atoms with E-state index in [1.54, 1.807) is 13.8 Å². The molecule has 4 N–H and O–H groups in total. The Morgan fingerprint density at radius 3 is 2.56 bits per heavy atom. The minimum atomic E-state index is -0.977. The van der Waals surface area contributed by atoms with E-state index in [1.807, 2.05) is 0 Å². The van der Waals surface area contributed by atoms with Gasteiger partial charge in [0.05, 0.1) is 12.0 Å². The first-order valence-electron chi connectivity index (χ1n) is 5.30. The van der Waals surface area contributed by atoms with Gasteiger partial charge in [-0.05, 0) is 32.0 Å². The number of benzene rings is 1. The Kier molecular flexibility index (Phi) is 3.90. The Morgan fingerprint density at radius 2 is 2.06 bits per heavy atom. The van der Waals surface area contributed by atoms with Crippen molar-refractivity contribution in [1.82, 2.24) is 0 Å². The summed E-state index contributed by atoms with van der Waals surface area (Å²) in [6.07, 6.45) is -0.150. The lowest BCUT2D eigenvalue weighted by molar-refractivity contribution is -0.137. The minimum Gasteiger partial charge on any atom is -0.481 e. The molecule has 0 spiro atoms. The lowest BCUT2D eigenvalue weighted by Crippen LogP contribution is -2.34. The molecule has 0 unspecified atom stereocenters. The van der Waals surface area contributed by atoms with Crippen molar-refractivity contribution < 1.29 is 19.1 Å². The van der Waals surface area contributed by atoms with Gasteiger partial charge in [0.2, 0.25) is 0 Å². The second-order valence-corrected chi connectivity index (χ2v) is 4.63. The maximum Gasteiger partial charge on any atom is 0.305 e. The number of carboxylic acids is 1. The van der Waals surface area contributed by atoms with Crippen LogP contribution in [-0.4, -0.2) is 22.5 Å². The number of primary amides is 1. The third kappa shape index (κ3) is 3.73. The van der Waals surface area contributed by atoms with Gasteiger partial charge >= 0.3 is 5.97 Å². The molecular weight excluding hydrogens is 239 g/mol. The number of halogens is 1. The maximum atomic E-state index is 13.0. The van der Waals surface area contributed by atoms with Crippen LogP contribution in [0.5, 0.6) is 0 Å². The number of hydrogen-bond donors (Lipinski definition) is 3. The van der Waals surface area contributed by atoms with Crippen LogP contribution in [0.15, 0.2) is 18.2 Å². The van der Waals surface area contributed by atoms with E-state index in [9.17, 15) is 14.0 Å². The van der Waals surface area contributed by atoms with Gasteiger partial charge in [0.1, 0.15) is 5.82 Å². The topological polar surface area (TPSA) is 92.4 Å². The van der Waals surface area contributed by atoms with Crippen molar-refractivity contribution in [3.63, 3.8) is 0 Å². The fourth-order valence-electron chi connectivity index (χ4n) is 1.62. The van der Waals surface area contributed by atoms with Gasteiger partial charge in [-0.2, -0.15) is 0 Å². The number of carbonyl (C=O) groups excluding carboxylic acids is 1. The number of carbonyl (C=O) groups is 2. The van der Waals surface area contributed by atoms with Crippen LogP contribution in [-0.2, 0) is 4.79 Å². The monoisotopic (exact) mass is 254 g/mol. The highest BCUT2D eigenvalue weighted by Crippen LogP contribution is 2.22. The summed E-state index contributed by atoms with van der Waals surface area (Å²) in [5.41, 5.74) is 4.67. The molecule has 0 fully saturated rings. The van der Waals surface area contributed by atoms with E-state index in [0.717, 1.165) is 6.07 Å². The second-order valence-electron chi connectivity index (χ2n) is 4.63. The average Bonchev–Trinajstić information content (AvgIpc) is 2.18. The van der Waals surface area contributed by atoms with E-state index in [1.165, 1.54) is 12.1 Å². The van der Waals surface area contributed by atoms with Crippen molar-refractivity contribution in [2.24, 2.45) is 5.73 Å². The summed E-state index contributed by atoms with van der Waals surface area (Å²) in [5, 5.41) is 11.6. The van der Waals surface area contributed by atoms with Crippen LogP contribution in [0.3, 0.4) is 0 Å². The molecule has 0 radical (unpaired) electrons.